The molecule has 3 aromatic rings. The highest BCUT2D eigenvalue weighted by molar-refractivity contribution is 7.80. The molecule has 0 unspecified atom stereocenters. The molecule has 2 aromatic carbocycles. The summed E-state index contributed by atoms with van der Waals surface area (Å²) < 4.78 is 26.8. The van der Waals surface area contributed by atoms with Crippen molar-refractivity contribution in [3.8, 4) is 11.5 Å². The molecule has 0 aliphatic rings. The Labute approximate surface area is 208 Å². The molecule has 3 rings (SSSR count). The highest BCUT2D eigenvalue weighted by Gasteiger charge is 2.13. The summed E-state index contributed by atoms with van der Waals surface area (Å²) in [6.45, 7) is 5.75. The number of hydrogen-bond donors (Lipinski definition) is 2. The Morgan fingerprint density at radius 2 is 1.85 bits per heavy atom. The number of benzene rings is 2. The van der Waals surface area contributed by atoms with E-state index in [2.05, 4.69) is 15.7 Å². The molecule has 2 N–H and O–H groups in total. The van der Waals surface area contributed by atoms with Crippen LogP contribution in [0.25, 0.3) is 0 Å². The predicted octanol–water partition coefficient (Wildman–Crippen LogP) is 5.70. The van der Waals surface area contributed by atoms with Gasteiger partial charge in [0.15, 0.2) is 22.4 Å². The van der Waals surface area contributed by atoms with E-state index in [-0.39, 0.29) is 6.54 Å². The van der Waals surface area contributed by atoms with Gasteiger partial charge in [0.05, 0.1) is 19.8 Å². The summed E-state index contributed by atoms with van der Waals surface area (Å²) in [7, 11) is 0. The van der Waals surface area contributed by atoms with Crippen LogP contribution in [-0.4, -0.2) is 34.7 Å². The molecule has 0 amide bonds. The van der Waals surface area contributed by atoms with E-state index in [1.165, 1.54) is 10.7 Å². The summed E-state index contributed by atoms with van der Waals surface area (Å²) in [4.78, 5) is 0. The number of nitrogens with zero attached hydrogens (tertiary/aromatic N) is 2. The van der Waals surface area contributed by atoms with Crippen LogP contribution in [0, 0.1) is 5.82 Å². The Balaban J connectivity index is 1.55. The van der Waals surface area contributed by atoms with Crippen molar-refractivity contribution in [2.75, 3.05) is 25.1 Å². The SMILES string of the molecule is CCOc1ccc(CCNC(=S)Nc2nn(Cc3c(F)cccc3Cl)cc2Cl)cc1OCC. The van der Waals surface area contributed by atoms with Crippen molar-refractivity contribution in [2.24, 2.45) is 0 Å². The molecule has 1 heterocycles. The van der Waals surface area contributed by atoms with Gasteiger partial charge < -0.3 is 20.1 Å². The maximum Gasteiger partial charge on any atom is 0.173 e. The lowest BCUT2D eigenvalue weighted by molar-refractivity contribution is 0.287. The zero-order chi connectivity index (χ0) is 23.8. The van der Waals surface area contributed by atoms with Crippen molar-refractivity contribution in [1.82, 2.24) is 15.1 Å². The molecule has 33 heavy (non-hydrogen) atoms. The van der Waals surface area contributed by atoms with E-state index >= 15 is 0 Å². The van der Waals surface area contributed by atoms with Crippen molar-refractivity contribution in [3.05, 3.63) is 69.6 Å². The number of rotatable bonds is 10. The van der Waals surface area contributed by atoms with Crippen molar-refractivity contribution >= 4 is 46.4 Å². The van der Waals surface area contributed by atoms with Crippen LogP contribution in [0.4, 0.5) is 10.2 Å². The molecule has 0 aliphatic heterocycles. The Morgan fingerprint density at radius 1 is 1.09 bits per heavy atom. The third-order valence-corrected chi connectivity index (χ3v) is 5.51. The number of ether oxygens (including phenoxy) is 2. The highest BCUT2D eigenvalue weighted by atomic mass is 35.5. The number of aromatic nitrogens is 2. The van der Waals surface area contributed by atoms with E-state index in [0.29, 0.717) is 46.3 Å². The van der Waals surface area contributed by atoms with Gasteiger partial charge in [-0.05, 0) is 62.3 Å². The zero-order valence-electron chi connectivity index (χ0n) is 18.3. The summed E-state index contributed by atoms with van der Waals surface area (Å²) in [6, 6.07) is 10.4. The van der Waals surface area contributed by atoms with E-state index in [1.807, 2.05) is 32.0 Å². The second-order valence-corrected chi connectivity index (χ2v) is 8.22. The molecule has 0 bridgehead atoms. The molecular formula is C23H25Cl2FN4O2S. The van der Waals surface area contributed by atoms with Crippen LogP contribution >= 0.6 is 35.4 Å². The normalized spacial score (nSPS) is 10.7. The van der Waals surface area contributed by atoms with Gasteiger partial charge in [0, 0.05) is 23.3 Å². The first-order valence-corrected chi connectivity index (χ1v) is 11.7. The Hall–Kier alpha value is -2.55. The first-order chi connectivity index (χ1) is 15.9. The molecule has 10 heteroatoms. The third kappa shape index (κ3) is 6.96. The fourth-order valence-electron chi connectivity index (χ4n) is 3.13. The predicted molar refractivity (Wildman–Crippen MR) is 134 cm³/mol. The zero-order valence-corrected chi connectivity index (χ0v) is 20.7. The Kier molecular flexibility index (Phi) is 9.17. The quantitative estimate of drug-likeness (QED) is 0.341. The van der Waals surface area contributed by atoms with E-state index in [0.717, 1.165) is 23.5 Å². The number of anilines is 1. The van der Waals surface area contributed by atoms with Gasteiger partial charge in [-0.15, -0.1) is 0 Å². The lowest BCUT2D eigenvalue weighted by atomic mass is 10.1. The summed E-state index contributed by atoms with van der Waals surface area (Å²) >= 11 is 17.7. The second-order valence-electron chi connectivity index (χ2n) is 7.00. The average Bonchev–Trinajstić information content (AvgIpc) is 3.11. The van der Waals surface area contributed by atoms with Gasteiger partial charge in [-0.3, -0.25) is 4.68 Å². The first kappa shape index (κ1) is 25.1. The van der Waals surface area contributed by atoms with E-state index in [4.69, 9.17) is 44.9 Å². The molecule has 0 saturated carbocycles. The average molecular weight is 511 g/mol. The maximum atomic E-state index is 14.0. The molecule has 0 atom stereocenters. The smallest absolute Gasteiger partial charge is 0.173 e. The minimum absolute atomic E-state index is 0.146. The minimum atomic E-state index is -0.400. The Bertz CT molecular complexity index is 1090. The molecule has 0 radical (unpaired) electrons. The van der Waals surface area contributed by atoms with Gasteiger partial charge in [0.25, 0.3) is 0 Å². The highest BCUT2D eigenvalue weighted by Crippen LogP contribution is 2.28. The minimum Gasteiger partial charge on any atom is -0.490 e. The van der Waals surface area contributed by atoms with Crippen molar-refractivity contribution in [2.45, 2.75) is 26.8 Å². The third-order valence-electron chi connectivity index (χ3n) is 4.64. The lowest BCUT2D eigenvalue weighted by Crippen LogP contribution is -2.30. The standard InChI is InChI=1S/C23H25Cl2FN4O2S/c1-3-31-20-9-8-15(12-21(20)32-4-2)10-11-27-23(33)28-22-18(25)14-30(29-22)13-16-17(24)6-5-7-19(16)26/h5-9,12,14H,3-4,10-11,13H2,1-2H3,(H2,27,28,29,33). The van der Waals surface area contributed by atoms with Crippen LogP contribution in [0.3, 0.4) is 0 Å². The molecule has 0 fully saturated rings. The molecule has 0 spiro atoms. The fourth-order valence-corrected chi connectivity index (χ4v) is 3.75. The van der Waals surface area contributed by atoms with Crippen molar-refractivity contribution in [3.63, 3.8) is 0 Å². The van der Waals surface area contributed by atoms with Gasteiger partial charge in [-0.25, -0.2) is 4.39 Å². The van der Waals surface area contributed by atoms with Gasteiger partial charge in [-0.1, -0.05) is 35.3 Å². The second kappa shape index (κ2) is 12.1. The van der Waals surface area contributed by atoms with E-state index < -0.39 is 5.82 Å². The van der Waals surface area contributed by atoms with Crippen molar-refractivity contribution in [1.29, 1.82) is 0 Å². The summed E-state index contributed by atoms with van der Waals surface area (Å²) in [6.07, 6.45) is 2.31. The number of nitrogens with one attached hydrogen (secondary N) is 2. The molecule has 0 aliphatic carbocycles. The van der Waals surface area contributed by atoms with Gasteiger partial charge in [0.2, 0.25) is 0 Å². The van der Waals surface area contributed by atoms with Gasteiger partial charge >= 0.3 is 0 Å². The summed E-state index contributed by atoms with van der Waals surface area (Å²) in [5.74, 6) is 1.43. The first-order valence-electron chi connectivity index (χ1n) is 10.5. The Morgan fingerprint density at radius 3 is 2.58 bits per heavy atom. The van der Waals surface area contributed by atoms with E-state index in [9.17, 15) is 4.39 Å². The molecule has 0 saturated heterocycles. The van der Waals surface area contributed by atoms with Crippen molar-refractivity contribution < 1.29 is 13.9 Å². The largest absolute Gasteiger partial charge is 0.490 e. The van der Waals surface area contributed by atoms with Crippen LogP contribution in [0.1, 0.15) is 25.0 Å². The topological polar surface area (TPSA) is 60.3 Å². The molecular weight excluding hydrogens is 486 g/mol. The maximum absolute atomic E-state index is 14.0. The van der Waals surface area contributed by atoms with E-state index in [1.54, 1.807) is 18.3 Å². The molecule has 6 nitrogen and oxygen atoms in total. The summed E-state index contributed by atoms with van der Waals surface area (Å²) in [5, 5.41) is 11.5. The number of thiocarbonyl (C=S) groups is 1. The van der Waals surface area contributed by atoms with Crippen LogP contribution in [0.2, 0.25) is 10.0 Å². The fraction of sp³-hybridized carbons (Fsp3) is 0.304. The van der Waals surface area contributed by atoms with Gasteiger partial charge in [0.1, 0.15) is 10.8 Å². The van der Waals surface area contributed by atoms with Crippen LogP contribution in [0.15, 0.2) is 42.6 Å². The number of hydrogen-bond acceptors (Lipinski definition) is 4. The number of halogens is 3. The monoisotopic (exact) mass is 510 g/mol. The lowest BCUT2D eigenvalue weighted by Gasteiger charge is -2.13. The molecule has 176 valence electrons. The van der Waals surface area contributed by atoms with Crippen LogP contribution in [-0.2, 0) is 13.0 Å². The summed E-state index contributed by atoms with van der Waals surface area (Å²) in [5.41, 5.74) is 1.42. The van der Waals surface area contributed by atoms with Crippen LogP contribution < -0.4 is 20.1 Å². The van der Waals surface area contributed by atoms with Gasteiger partial charge in [-0.2, -0.15) is 5.10 Å². The van der Waals surface area contributed by atoms with Crippen LogP contribution in [0.5, 0.6) is 11.5 Å². The molecule has 1 aromatic heterocycles.